The fraction of sp³-hybridized carbons (Fsp3) is 0.125. The monoisotopic (exact) mass is 494 g/mol. The van der Waals surface area contributed by atoms with Crippen molar-refractivity contribution in [3.05, 3.63) is 90.5 Å². The number of aromatic carboxylic acids is 1. The third-order valence-corrected chi connectivity index (χ3v) is 6.32. The Balaban J connectivity index is 1.45. The molecular formula is C24H22N4O6S. The fourth-order valence-corrected chi connectivity index (χ4v) is 4.22. The summed E-state index contributed by atoms with van der Waals surface area (Å²) >= 11 is 0. The first-order valence-corrected chi connectivity index (χ1v) is 11.9. The first-order valence-electron chi connectivity index (χ1n) is 10.5. The molecule has 11 heteroatoms. The van der Waals surface area contributed by atoms with Gasteiger partial charge in [-0.05, 0) is 43.3 Å². The van der Waals surface area contributed by atoms with Crippen molar-refractivity contribution in [2.75, 3.05) is 4.72 Å². The number of carboxylic acid groups (broad SMARTS) is 1. The standard InChI is InChI=1S/C24H22N4O6S/c1-3-13-28-14-20(24(29)30)22(26-28)27-35(31,32)19-11-9-18(10-12-19)33-15-21-16(2)34-23(25-21)17-7-5-4-6-8-17/h3-12,14H,1,13,15H2,2H3,(H,26,27)(H,29,30). The van der Waals surface area contributed by atoms with E-state index in [0.717, 1.165) is 5.56 Å². The number of aryl methyl sites for hydroxylation is 1. The minimum atomic E-state index is -4.09. The lowest BCUT2D eigenvalue weighted by Gasteiger charge is -2.08. The molecule has 0 fully saturated rings. The molecule has 2 aromatic carbocycles. The molecule has 0 unspecified atom stereocenters. The van der Waals surface area contributed by atoms with Gasteiger partial charge in [0.2, 0.25) is 5.89 Å². The number of sulfonamides is 1. The molecule has 0 aliphatic carbocycles. The van der Waals surface area contributed by atoms with Gasteiger partial charge in [0.1, 0.15) is 29.4 Å². The van der Waals surface area contributed by atoms with Gasteiger partial charge in [0, 0.05) is 11.8 Å². The highest BCUT2D eigenvalue weighted by atomic mass is 32.2. The summed E-state index contributed by atoms with van der Waals surface area (Å²) in [6, 6.07) is 15.2. The number of nitrogens with zero attached hydrogens (tertiary/aromatic N) is 3. The normalized spacial score (nSPS) is 11.2. The summed E-state index contributed by atoms with van der Waals surface area (Å²) in [5.74, 6) is -0.0484. The van der Waals surface area contributed by atoms with Crippen LogP contribution in [-0.4, -0.2) is 34.3 Å². The Bertz CT molecular complexity index is 1460. The molecule has 4 aromatic rings. The molecule has 0 bridgehead atoms. The topological polar surface area (TPSA) is 137 Å². The summed E-state index contributed by atoms with van der Waals surface area (Å²) in [7, 11) is -4.09. The van der Waals surface area contributed by atoms with Crippen LogP contribution >= 0.6 is 0 Å². The molecule has 180 valence electrons. The van der Waals surface area contributed by atoms with E-state index in [-0.39, 0.29) is 29.4 Å². The molecule has 2 aromatic heterocycles. The number of benzene rings is 2. The van der Waals surface area contributed by atoms with E-state index in [4.69, 9.17) is 9.15 Å². The highest BCUT2D eigenvalue weighted by molar-refractivity contribution is 7.92. The van der Waals surface area contributed by atoms with Crippen LogP contribution in [0.25, 0.3) is 11.5 Å². The van der Waals surface area contributed by atoms with Crippen molar-refractivity contribution >= 4 is 21.8 Å². The lowest BCUT2D eigenvalue weighted by molar-refractivity contribution is 0.0698. The van der Waals surface area contributed by atoms with Crippen molar-refractivity contribution in [2.45, 2.75) is 25.0 Å². The van der Waals surface area contributed by atoms with Crippen LogP contribution in [0.15, 0.2) is 82.8 Å². The molecule has 2 N–H and O–H groups in total. The van der Waals surface area contributed by atoms with Gasteiger partial charge in [-0.1, -0.05) is 24.3 Å². The number of carbonyl (C=O) groups is 1. The van der Waals surface area contributed by atoms with Crippen LogP contribution in [0.5, 0.6) is 5.75 Å². The molecule has 4 rings (SSSR count). The Morgan fingerprint density at radius 2 is 1.91 bits per heavy atom. The van der Waals surface area contributed by atoms with Crippen molar-refractivity contribution < 1.29 is 27.5 Å². The van der Waals surface area contributed by atoms with Crippen LogP contribution in [0.1, 0.15) is 21.8 Å². The number of allylic oxidation sites excluding steroid dienone is 1. The minimum Gasteiger partial charge on any atom is -0.487 e. The van der Waals surface area contributed by atoms with E-state index >= 15 is 0 Å². The van der Waals surface area contributed by atoms with E-state index < -0.39 is 16.0 Å². The predicted molar refractivity (Wildman–Crippen MR) is 128 cm³/mol. The second kappa shape index (κ2) is 9.85. The van der Waals surface area contributed by atoms with Crippen LogP contribution in [0, 0.1) is 6.92 Å². The molecule has 0 spiro atoms. The van der Waals surface area contributed by atoms with Crippen LogP contribution < -0.4 is 9.46 Å². The van der Waals surface area contributed by atoms with Crippen LogP contribution in [-0.2, 0) is 23.2 Å². The van der Waals surface area contributed by atoms with E-state index in [1.165, 1.54) is 41.2 Å². The zero-order valence-corrected chi connectivity index (χ0v) is 19.5. The van der Waals surface area contributed by atoms with Crippen molar-refractivity contribution in [3.8, 4) is 17.2 Å². The molecule has 0 radical (unpaired) electrons. The first-order chi connectivity index (χ1) is 16.8. The van der Waals surface area contributed by atoms with Gasteiger partial charge in [-0.2, -0.15) is 5.10 Å². The van der Waals surface area contributed by atoms with Crippen molar-refractivity contribution in [1.29, 1.82) is 0 Å². The summed E-state index contributed by atoms with van der Waals surface area (Å²) < 4.78 is 40.5. The van der Waals surface area contributed by atoms with Crippen LogP contribution in [0.2, 0.25) is 0 Å². The van der Waals surface area contributed by atoms with Gasteiger partial charge in [0.25, 0.3) is 10.0 Å². The second-order valence-corrected chi connectivity index (χ2v) is 9.14. The Kier molecular flexibility index (Phi) is 6.69. The quantitative estimate of drug-likeness (QED) is 0.314. The minimum absolute atomic E-state index is 0.0801. The maximum Gasteiger partial charge on any atom is 0.341 e. The predicted octanol–water partition coefficient (Wildman–Crippen LogP) is 4.11. The van der Waals surface area contributed by atoms with Crippen molar-refractivity contribution in [3.63, 3.8) is 0 Å². The van der Waals surface area contributed by atoms with E-state index in [9.17, 15) is 18.3 Å². The molecule has 0 atom stereocenters. The number of nitrogens with one attached hydrogen (secondary N) is 1. The third-order valence-electron chi connectivity index (χ3n) is 4.96. The molecule has 10 nitrogen and oxygen atoms in total. The Morgan fingerprint density at radius 1 is 1.20 bits per heavy atom. The van der Waals surface area contributed by atoms with E-state index in [1.54, 1.807) is 6.92 Å². The smallest absolute Gasteiger partial charge is 0.341 e. The first kappa shape index (κ1) is 23.8. The summed E-state index contributed by atoms with van der Waals surface area (Å²) in [6.07, 6.45) is 2.74. The van der Waals surface area contributed by atoms with Crippen molar-refractivity contribution in [2.24, 2.45) is 0 Å². The van der Waals surface area contributed by atoms with Gasteiger partial charge < -0.3 is 14.3 Å². The van der Waals surface area contributed by atoms with Gasteiger partial charge in [-0.25, -0.2) is 18.2 Å². The molecule has 35 heavy (non-hydrogen) atoms. The number of hydrogen-bond acceptors (Lipinski definition) is 7. The number of carboxylic acids is 1. The number of ether oxygens (including phenoxy) is 1. The maximum atomic E-state index is 12.8. The maximum absolute atomic E-state index is 12.8. The van der Waals surface area contributed by atoms with Gasteiger partial charge >= 0.3 is 5.97 Å². The molecule has 0 aliphatic heterocycles. The zero-order chi connectivity index (χ0) is 25.0. The van der Waals surface area contributed by atoms with Gasteiger partial charge in [-0.15, -0.1) is 6.58 Å². The highest BCUT2D eigenvalue weighted by Crippen LogP contribution is 2.24. The molecular weight excluding hydrogens is 472 g/mol. The molecule has 0 saturated carbocycles. The Labute approximate surface area is 201 Å². The molecule has 0 amide bonds. The second-order valence-electron chi connectivity index (χ2n) is 7.46. The fourth-order valence-electron chi connectivity index (χ4n) is 3.20. The Hall–Kier alpha value is -4.38. The number of anilines is 1. The van der Waals surface area contributed by atoms with E-state index in [1.807, 2.05) is 30.3 Å². The third kappa shape index (κ3) is 5.41. The SMILES string of the molecule is C=CCn1cc(C(=O)O)c(NS(=O)(=O)c2ccc(OCc3nc(-c4ccccc4)oc3C)cc2)n1. The molecule has 2 heterocycles. The summed E-state index contributed by atoms with van der Waals surface area (Å²) in [4.78, 5) is 15.9. The lowest BCUT2D eigenvalue weighted by Crippen LogP contribution is -2.15. The summed E-state index contributed by atoms with van der Waals surface area (Å²) in [5, 5.41) is 13.3. The highest BCUT2D eigenvalue weighted by Gasteiger charge is 2.22. The Morgan fingerprint density at radius 3 is 2.57 bits per heavy atom. The lowest BCUT2D eigenvalue weighted by atomic mass is 10.2. The van der Waals surface area contributed by atoms with Gasteiger partial charge in [0.15, 0.2) is 5.82 Å². The van der Waals surface area contributed by atoms with Gasteiger partial charge in [0.05, 0.1) is 11.4 Å². The number of hydrogen-bond donors (Lipinski definition) is 2. The largest absolute Gasteiger partial charge is 0.487 e. The van der Waals surface area contributed by atoms with E-state index in [0.29, 0.717) is 23.1 Å². The zero-order valence-electron chi connectivity index (χ0n) is 18.7. The number of rotatable bonds is 10. The number of oxazole rings is 1. The van der Waals surface area contributed by atoms with Crippen LogP contribution in [0.3, 0.4) is 0 Å². The van der Waals surface area contributed by atoms with Crippen molar-refractivity contribution in [1.82, 2.24) is 14.8 Å². The average Bonchev–Trinajstić information content (AvgIpc) is 3.41. The summed E-state index contributed by atoms with van der Waals surface area (Å²) in [6.45, 7) is 5.71. The van der Waals surface area contributed by atoms with Crippen LogP contribution in [0.4, 0.5) is 5.82 Å². The molecule has 0 saturated heterocycles. The van der Waals surface area contributed by atoms with Gasteiger partial charge in [-0.3, -0.25) is 9.40 Å². The summed E-state index contributed by atoms with van der Waals surface area (Å²) in [5.41, 5.74) is 1.20. The average molecular weight is 495 g/mol. The molecule has 0 aliphatic rings. The number of aromatic nitrogens is 3. The van der Waals surface area contributed by atoms with E-state index in [2.05, 4.69) is 21.4 Å².